The lowest BCUT2D eigenvalue weighted by Crippen LogP contribution is -2.45. The van der Waals surface area contributed by atoms with Crippen LogP contribution in [0.4, 0.5) is 0 Å². The Balaban J connectivity index is 1.57. The van der Waals surface area contributed by atoms with Crippen molar-refractivity contribution in [3.63, 3.8) is 0 Å². The van der Waals surface area contributed by atoms with Gasteiger partial charge in [0.25, 0.3) is 0 Å². The van der Waals surface area contributed by atoms with Gasteiger partial charge in [0, 0.05) is 25.5 Å². The third-order valence-electron chi connectivity index (χ3n) is 4.72. The Hall–Kier alpha value is -2.67. The summed E-state index contributed by atoms with van der Waals surface area (Å²) in [6.45, 7) is 2.79. The Morgan fingerprint density at radius 2 is 2.04 bits per heavy atom. The average Bonchev–Trinajstić information content (AvgIpc) is 3.13. The molecular weight excluding hydrogens is 330 g/mol. The van der Waals surface area contributed by atoms with Crippen LogP contribution in [0.25, 0.3) is 0 Å². The summed E-state index contributed by atoms with van der Waals surface area (Å²) < 4.78 is 1.86. The van der Waals surface area contributed by atoms with Crippen molar-refractivity contribution in [2.45, 2.75) is 25.9 Å². The summed E-state index contributed by atoms with van der Waals surface area (Å²) >= 11 is 0. The van der Waals surface area contributed by atoms with Gasteiger partial charge >= 0.3 is 0 Å². The molecule has 0 spiro atoms. The maximum atomic E-state index is 12.6. The Kier molecular flexibility index (Phi) is 6.01. The standard InChI is InChI=1S/C19H25N5O2/c20-18(25)14-23-9-3-7-17(12-23)19(26)21-11-15-5-1-2-6-16(15)13-24-10-4-8-22-24/h1-2,4-6,8,10,17H,3,7,9,11-14H2,(H2,20,25)(H,21,26). The molecule has 7 nitrogen and oxygen atoms in total. The Labute approximate surface area is 153 Å². The van der Waals surface area contributed by atoms with E-state index in [1.54, 1.807) is 6.20 Å². The lowest BCUT2D eigenvalue weighted by atomic mass is 9.97. The maximum absolute atomic E-state index is 12.6. The largest absolute Gasteiger partial charge is 0.369 e. The second kappa shape index (κ2) is 8.62. The molecule has 1 saturated heterocycles. The number of aromatic nitrogens is 2. The number of benzene rings is 1. The van der Waals surface area contributed by atoms with E-state index in [9.17, 15) is 9.59 Å². The third-order valence-corrected chi connectivity index (χ3v) is 4.72. The molecule has 0 bridgehead atoms. The highest BCUT2D eigenvalue weighted by Gasteiger charge is 2.26. The van der Waals surface area contributed by atoms with E-state index in [0.29, 0.717) is 19.6 Å². The summed E-state index contributed by atoms with van der Waals surface area (Å²) in [5.41, 5.74) is 7.48. The zero-order valence-electron chi connectivity index (χ0n) is 14.8. The molecule has 1 aliphatic heterocycles. The summed E-state index contributed by atoms with van der Waals surface area (Å²) in [5, 5.41) is 7.29. The molecule has 2 aromatic rings. The van der Waals surface area contributed by atoms with E-state index in [-0.39, 0.29) is 24.3 Å². The zero-order chi connectivity index (χ0) is 18.4. The topological polar surface area (TPSA) is 93.3 Å². The van der Waals surface area contributed by atoms with Gasteiger partial charge in [-0.1, -0.05) is 24.3 Å². The molecule has 3 rings (SSSR count). The first-order chi connectivity index (χ1) is 12.6. The van der Waals surface area contributed by atoms with Crippen molar-refractivity contribution in [2.75, 3.05) is 19.6 Å². The van der Waals surface area contributed by atoms with Gasteiger partial charge in [-0.2, -0.15) is 5.10 Å². The number of nitrogens with two attached hydrogens (primary N) is 1. The molecule has 138 valence electrons. The second-order valence-electron chi connectivity index (χ2n) is 6.73. The predicted molar refractivity (Wildman–Crippen MR) is 98.0 cm³/mol. The van der Waals surface area contributed by atoms with Crippen molar-refractivity contribution < 1.29 is 9.59 Å². The highest BCUT2D eigenvalue weighted by molar-refractivity contribution is 5.79. The molecule has 26 heavy (non-hydrogen) atoms. The summed E-state index contributed by atoms with van der Waals surface area (Å²) in [4.78, 5) is 25.6. The molecule has 0 radical (unpaired) electrons. The number of carbonyl (C=O) groups excluding carboxylic acids is 2. The number of nitrogens with zero attached hydrogens (tertiary/aromatic N) is 3. The SMILES string of the molecule is NC(=O)CN1CCCC(C(=O)NCc2ccccc2Cn2cccn2)C1. The van der Waals surface area contributed by atoms with Gasteiger partial charge in [0.2, 0.25) is 11.8 Å². The fourth-order valence-electron chi connectivity index (χ4n) is 3.41. The number of hydrogen-bond acceptors (Lipinski definition) is 4. The molecule has 1 aromatic heterocycles. The minimum atomic E-state index is -0.349. The lowest BCUT2D eigenvalue weighted by Gasteiger charge is -2.31. The van der Waals surface area contributed by atoms with Gasteiger partial charge in [-0.05, 0) is 36.6 Å². The van der Waals surface area contributed by atoms with Gasteiger partial charge in [-0.3, -0.25) is 19.2 Å². The van der Waals surface area contributed by atoms with E-state index < -0.39 is 0 Å². The number of carbonyl (C=O) groups is 2. The van der Waals surface area contributed by atoms with Gasteiger partial charge < -0.3 is 11.1 Å². The van der Waals surface area contributed by atoms with Crippen LogP contribution in [0.5, 0.6) is 0 Å². The number of hydrogen-bond donors (Lipinski definition) is 2. The molecule has 0 aliphatic carbocycles. The Bertz CT molecular complexity index is 744. The van der Waals surface area contributed by atoms with Gasteiger partial charge in [0.05, 0.1) is 19.0 Å². The van der Waals surface area contributed by atoms with E-state index in [0.717, 1.165) is 30.5 Å². The smallest absolute Gasteiger partial charge is 0.231 e. The highest BCUT2D eigenvalue weighted by atomic mass is 16.2. The summed E-state index contributed by atoms with van der Waals surface area (Å²) in [5.74, 6) is -0.409. The van der Waals surface area contributed by atoms with Crippen LogP contribution in [-0.4, -0.2) is 46.1 Å². The van der Waals surface area contributed by atoms with Gasteiger partial charge in [-0.25, -0.2) is 0 Å². The first-order valence-electron chi connectivity index (χ1n) is 8.94. The zero-order valence-corrected chi connectivity index (χ0v) is 14.8. The predicted octanol–water partition coefficient (Wildman–Crippen LogP) is 0.745. The third kappa shape index (κ3) is 4.92. The van der Waals surface area contributed by atoms with E-state index in [2.05, 4.69) is 16.5 Å². The second-order valence-corrected chi connectivity index (χ2v) is 6.73. The molecular formula is C19H25N5O2. The minimum Gasteiger partial charge on any atom is -0.369 e. The molecule has 0 saturated carbocycles. The number of amides is 2. The normalized spacial score (nSPS) is 17.8. The van der Waals surface area contributed by atoms with Crippen LogP contribution < -0.4 is 11.1 Å². The summed E-state index contributed by atoms with van der Waals surface area (Å²) in [6.07, 6.45) is 5.42. The van der Waals surface area contributed by atoms with Crippen LogP contribution in [-0.2, 0) is 22.7 Å². The van der Waals surface area contributed by atoms with E-state index in [1.807, 2.05) is 40.0 Å². The molecule has 2 heterocycles. The maximum Gasteiger partial charge on any atom is 0.231 e. The first kappa shape index (κ1) is 18.1. The van der Waals surface area contributed by atoms with Crippen molar-refractivity contribution in [1.29, 1.82) is 0 Å². The van der Waals surface area contributed by atoms with Gasteiger partial charge in [0.1, 0.15) is 0 Å². The van der Waals surface area contributed by atoms with Crippen LogP contribution in [0.2, 0.25) is 0 Å². The molecule has 2 amide bonds. The Morgan fingerprint density at radius 1 is 1.23 bits per heavy atom. The lowest BCUT2D eigenvalue weighted by molar-refractivity contribution is -0.128. The summed E-state index contributed by atoms with van der Waals surface area (Å²) in [7, 11) is 0. The van der Waals surface area contributed by atoms with Crippen LogP contribution in [0, 0.1) is 5.92 Å². The van der Waals surface area contributed by atoms with E-state index in [1.165, 1.54) is 0 Å². The fraction of sp³-hybridized carbons (Fsp3) is 0.421. The number of piperidine rings is 1. The van der Waals surface area contributed by atoms with Crippen molar-refractivity contribution in [1.82, 2.24) is 20.0 Å². The van der Waals surface area contributed by atoms with Crippen molar-refractivity contribution in [2.24, 2.45) is 11.7 Å². The minimum absolute atomic E-state index is 0.0352. The van der Waals surface area contributed by atoms with Crippen LogP contribution in [0.1, 0.15) is 24.0 Å². The number of rotatable bonds is 7. The Morgan fingerprint density at radius 3 is 2.77 bits per heavy atom. The van der Waals surface area contributed by atoms with Gasteiger partial charge in [0.15, 0.2) is 0 Å². The monoisotopic (exact) mass is 355 g/mol. The molecule has 1 atom stereocenters. The van der Waals surface area contributed by atoms with Crippen LogP contribution in [0.3, 0.4) is 0 Å². The fourth-order valence-corrected chi connectivity index (χ4v) is 3.41. The molecule has 1 aromatic carbocycles. The average molecular weight is 355 g/mol. The van der Waals surface area contributed by atoms with Crippen molar-refractivity contribution >= 4 is 11.8 Å². The van der Waals surface area contributed by atoms with Gasteiger partial charge in [-0.15, -0.1) is 0 Å². The number of nitrogens with one attached hydrogen (secondary N) is 1. The first-order valence-corrected chi connectivity index (χ1v) is 8.94. The molecule has 1 aliphatic rings. The molecule has 1 fully saturated rings. The summed E-state index contributed by atoms with van der Waals surface area (Å²) in [6, 6.07) is 9.94. The quantitative estimate of drug-likeness (QED) is 0.766. The number of primary amides is 1. The van der Waals surface area contributed by atoms with Crippen molar-refractivity contribution in [3.05, 3.63) is 53.9 Å². The van der Waals surface area contributed by atoms with E-state index >= 15 is 0 Å². The molecule has 7 heteroatoms. The number of likely N-dealkylation sites (tertiary alicyclic amines) is 1. The van der Waals surface area contributed by atoms with Crippen molar-refractivity contribution in [3.8, 4) is 0 Å². The van der Waals surface area contributed by atoms with Crippen LogP contribution >= 0.6 is 0 Å². The van der Waals surface area contributed by atoms with E-state index in [4.69, 9.17) is 5.73 Å². The van der Waals surface area contributed by atoms with Crippen LogP contribution in [0.15, 0.2) is 42.7 Å². The highest BCUT2D eigenvalue weighted by Crippen LogP contribution is 2.17. The molecule has 1 unspecified atom stereocenters. The molecule has 3 N–H and O–H groups in total.